The van der Waals surface area contributed by atoms with Crippen LogP contribution in [0.25, 0.3) is 11.4 Å². The molecule has 0 saturated carbocycles. The molecule has 0 bridgehead atoms. The van der Waals surface area contributed by atoms with Gasteiger partial charge in [0, 0.05) is 23.5 Å². The van der Waals surface area contributed by atoms with E-state index in [1.807, 2.05) is 24.3 Å². The number of benzene rings is 1. The number of aliphatic hydroxyl groups excluding tert-OH is 1. The average molecular weight is 172 g/mol. The van der Waals surface area contributed by atoms with E-state index < -0.39 is 6.23 Å². The van der Waals surface area contributed by atoms with E-state index in [9.17, 15) is 5.11 Å². The Kier molecular flexibility index (Phi) is 1.16. The van der Waals surface area contributed by atoms with E-state index in [0.29, 0.717) is 0 Å². The second kappa shape index (κ2) is 2.20. The molecule has 0 spiro atoms. The molecule has 64 valence electrons. The van der Waals surface area contributed by atoms with Crippen LogP contribution in [0.5, 0.6) is 0 Å². The first kappa shape index (κ1) is 6.86. The van der Waals surface area contributed by atoms with Crippen LogP contribution in [-0.4, -0.2) is 14.7 Å². The normalized spacial score (nSPS) is 18.4. The van der Waals surface area contributed by atoms with Crippen molar-refractivity contribution in [3.63, 3.8) is 0 Å². The van der Waals surface area contributed by atoms with Gasteiger partial charge in [0.2, 0.25) is 0 Å². The monoisotopic (exact) mass is 172 g/mol. The average Bonchev–Trinajstić information content (AvgIpc) is 2.72. The SMILES string of the molecule is OC1c2ccccc2-c2nccn21. The van der Waals surface area contributed by atoms with Gasteiger partial charge in [0.15, 0.2) is 6.23 Å². The van der Waals surface area contributed by atoms with Gasteiger partial charge < -0.3 is 9.67 Å². The Hall–Kier alpha value is -1.61. The second-order valence-corrected chi connectivity index (χ2v) is 3.12. The van der Waals surface area contributed by atoms with E-state index in [-0.39, 0.29) is 0 Å². The molecule has 3 rings (SSSR count). The molecule has 1 aliphatic rings. The first-order valence-corrected chi connectivity index (χ1v) is 4.18. The molecule has 13 heavy (non-hydrogen) atoms. The molecule has 0 amide bonds. The molecule has 0 radical (unpaired) electrons. The number of aliphatic hydroxyl groups is 1. The Labute approximate surface area is 75.3 Å². The number of hydrogen-bond acceptors (Lipinski definition) is 2. The molecular weight excluding hydrogens is 164 g/mol. The predicted molar refractivity (Wildman–Crippen MR) is 48.0 cm³/mol. The lowest BCUT2D eigenvalue weighted by Gasteiger charge is -2.04. The van der Waals surface area contributed by atoms with E-state index in [1.165, 1.54) is 0 Å². The van der Waals surface area contributed by atoms with Crippen molar-refractivity contribution in [1.82, 2.24) is 9.55 Å². The minimum atomic E-state index is -0.561. The molecule has 3 heteroatoms. The van der Waals surface area contributed by atoms with Gasteiger partial charge in [0.05, 0.1) is 0 Å². The zero-order chi connectivity index (χ0) is 8.84. The molecule has 0 aliphatic carbocycles. The molecule has 2 aromatic rings. The fraction of sp³-hybridized carbons (Fsp3) is 0.100. The number of rotatable bonds is 0. The van der Waals surface area contributed by atoms with Crippen LogP contribution in [0.3, 0.4) is 0 Å². The van der Waals surface area contributed by atoms with Gasteiger partial charge in [-0.05, 0) is 0 Å². The summed E-state index contributed by atoms with van der Waals surface area (Å²) in [6.45, 7) is 0. The zero-order valence-corrected chi connectivity index (χ0v) is 6.88. The van der Waals surface area contributed by atoms with Gasteiger partial charge in [-0.2, -0.15) is 0 Å². The predicted octanol–water partition coefficient (Wildman–Crippen LogP) is 1.40. The van der Waals surface area contributed by atoms with E-state index in [2.05, 4.69) is 4.98 Å². The van der Waals surface area contributed by atoms with Gasteiger partial charge in [-0.25, -0.2) is 4.98 Å². The molecule has 1 aromatic carbocycles. The van der Waals surface area contributed by atoms with E-state index in [4.69, 9.17) is 0 Å². The third-order valence-corrected chi connectivity index (χ3v) is 2.41. The summed E-state index contributed by atoms with van der Waals surface area (Å²) < 4.78 is 1.77. The summed E-state index contributed by atoms with van der Waals surface area (Å²) in [6.07, 6.45) is 2.93. The largest absolute Gasteiger partial charge is 0.369 e. The first-order valence-electron chi connectivity index (χ1n) is 4.18. The van der Waals surface area contributed by atoms with Crippen LogP contribution in [0.4, 0.5) is 0 Å². The highest BCUT2D eigenvalue weighted by Gasteiger charge is 2.25. The molecule has 2 heterocycles. The summed E-state index contributed by atoms with van der Waals surface area (Å²) in [7, 11) is 0. The highest BCUT2D eigenvalue weighted by Crippen LogP contribution is 2.36. The number of hydrogen-bond donors (Lipinski definition) is 1. The summed E-state index contributed by atoms with van der Waals surface area (Å²) >= 11 is 0. The number of fused-ring (bicyclic) bond motifs is 3. The first-order chi connectivity index (χ1) is 6.38. The van der Waals surface area contributed by atoms with Crippen LogP contribution >= 0.6 is 0 Å². The lowest BCUT2D eigenvalue weighted by Crippen LogP contribution is -2.01. The number of imidazole rings is 1. The fourth-order valence-corrected chi connectivity index (χ4v) is 1.79. The fourth-order valence-electron chi connectivity index (χ4n) is 1.79. The third-order valence-electron chi connectivity index (χ3n) is 2.41. The highest BCUT2D eigenvalue weighted by molar-refractivity contribution is 5.65. The maximum Gasteiger partial charge on any atom is 0.158 e. The lowest BCUT2D eigenvalue weighted by atomic mass is 10.1. The Balaban J connectivity index is 2.37. The van der Waals surface area contributed by atoms with Crippen LogP contribution in [0.1, 0.15) is 11.8 Å². The molecule has 1 N–H and O–H groups in total. The van der Waals surface area contributed by atoms with Crippen molar-refractivity contribution in [3.8, 4) is 11.4 Å². The van der Waals surface area contributed by atoms with Gasteiger partial charge in [0.1, 0.15) is 5.82 Å². The number of nitrogens with zero attached hydrogens (tertiary/aromatic N) is 2. The van der Waals surface area contributed by atoms with Crippen molar-refractivity contribution >= 4 is 0 Å². The van der Waals surface area contributed by atoms with Crippen molar-refractivity contribution in [3.05, 3.63) is 42.2 Å². The molecule has 1 aromatic heterocycles. The van der Waals surface area contributed by atoms with E-state index in [0.717, 1.165) is 17.0 Å². The van der Waals surface area contributed by atoms with Crippen LogP contribution in [0, 0.1) is 0 Å². The molecule has 3 nitrogen and oxygen atoms in total. The van der Waals surface area contributed by atoms with Gasteiger partial charge in [-0.3, -0.25) is 0 Å². The smallest absolute Gasteiger partial charge is 0.158 e. The Bertz CT molecular complexity index is 461. The standard InChI is InChI=1S/C10H8N2O/c13-10-8-4-2-1-3-7(8)9-11-5-6-12(9)10/h1-6,10,13H. The summed E-state index contributed by atoms with van der Waals surface area (Å²) in [4.78, 5) is 4.19. The van der Waals surface area contributed by atoms with Crippen molar-refractivity contribution in [2.45, 2.75) is 6.23 Å². The highest BCUT2D eigenvalue weighted by atomic mass is 16.3. The summed E-state index contributed by atoms with van der Waals surface area (Å²) in [5, 5.41) is 9.85. The van der Waals surface area contributed by atoms with Crippen LogP contribution in [0.2, 0.25) is 0 Å². The maximum atomic E-state index is 9.85. The van der Waals surface area contributed by atoms with Gasteiger partial charge >= 0.3 is 0 Å². The van der Waals surface area contributed by atoms with Gasteiger partial charge in [0.25, 0.3) is 0 Å². The third kappa shape index (κ3) is 0.742. The van der Waals surface area contributed by atoms with Gasteiger partial charge in [-0.1, -0.05) is 24.3 Å². The van der Waals surface area contributed by atoms with Crippen molar-refractivity contribution < 1.29 is 5.11 Å². The van der Waals surface area contributed by atoms with E-state index >= 15 is 0 Å². The lowest BCUT2D eigenvalue weighted by molar-refractivity contribution is 0.155. The number of aromatic nitrogens is 2. The molecule has 1 unspecified atom stereocenters. The summed E-state index contributed by atoms with van der Waals surface area (Å²) in [6, 6.07) is 7.78. The maximum absolute atomic E-state index is 9.85. The minimum absolute atomic E-state index is 0.561. The zero-order valence-electron chi connectivity index (χ0n) is 6.88. The summed E-state index contributed by atoms with van der Waals surface area (Å²) in [5.74, 6) is 0.850. The van der Waals surface area contributed by atoms with Gasteiger partial charge in [-0.15, -0.1) is 0 Å². The molecular formula is C10H8N2O. The molecule has 0 saturated heterocycles. The van der Waals surface area contributed by atoms with Crippen LogP contribution in [0.15, 0.2) is 36.7 Å². The minimum Gasteiger partial charge on any atom is -0.369 e. The molecule has 1 atom stereocenters. The summed E-state index contributed by atoms with van der Waals surface area (Å²) in [5.41, 5.74) is 1.96. The topological polar surface area (TPSA) is 38.1 Å². The van der Waals surface area contributed by atoms with Crippen LogP contribution < -0.4 is 0 Å². The van der Waals surface area contributed by atoms with E-state index in [1.54, 1.807) is 17.0 Å². The second-order valence-electron chi connectivity index (χ2n) is 3.12. The molecule has 1 aliphatic heterocycles. The quantitative estimate of drug-likeness (QED) is 0.652. The Morgan fingerprint density at radius 1 is 1.31 bits per heavy atom. The van der Waals surface area contributed by atoms with Crippen LogP contribution in [-0.2, 0) is 0 Å². The Morgan fingerprint density at radius 2 is 2.15 bits per heavy atom. The molecule has 0 fully saturated rings. The van der Waals surface area contributed by atoms with Crippen molar-refractivity contribution in [2.24, 2.45) is 0 Å². The Morgan fingerprint density at radius 3 is 3.08 bits per heavy atom. The van der Waals surface area contributed by atoms with Crippen molar-refractivity contribution in [1.29, 1.82) is 0 Å². The van der Waals surface area contributed by atoms with Crippen molar-refractivity contribution in [2.75, 3.05) is 0 Å².